The zero-order valence-corrected chi connectivity index (χ0v) is 22.9. The van der Waals surface area contributed by atoms with Gasteiger partial charge in [0.05, 0.1) is 5.41 Å². The number of aromatic hydroxyl groups is 4. The first-order valence-electron chi connectivity index (χ1n) is 12.5. The third kappa shape index (κ3) is 3.92. The zero-order valence-electron chi connectivity index (χ0n) is 22.9. The van der Waals surface area contributed by atoms with Crippen LogP contribution in [0.4, 0.5) is 0 Å². The highest BCUT2D eigenvalue weighted by atomic mass is 16.3. The second-order valence-electron chi connectivity index (χ2n) is 10.4. The van der Waals surface area contributed by atoms with Crippen molar-refractivity contribution in [1.29, 1.82) is 0 Å². The summed E-state index contributed by atoms with van der Waals surface area (Å²) in [6.45, 7) is 15.4. The van der Waals surface area contributed by atoms with Gasteiger partial charge in [0, 0.05) is 0 Å². The van der Waals surface area contributed by atoms with E-state index in [4.69, 9.17) is 0 Å². The molecular formula is C33H36O4. The van der Waals surface area contributed by atoms with Crippen LogP contribution in [0.2, 0.25) is 0 Å². The fourth-order valence-corrected chi connectivity index (χ4v) is 5.76. The molecule has 0 aliphatic rings. The third-order valence-corrected chi connectivity index (χ3v) is 8.12. The normalized spacial score (nSPS) is 11.7. The van der Waals surface area contributed by atoms with Gasteiger partial charge in [0.1, 0.15) is 23.0 Å². The SMILES string of the molecule is Cc1cc(C(c2cccc(O)c2)(c2cc(C)c(O)c(C)c2C)c2cc(C)c(O)c(C)c2C)cc(C)c1O. The molecule has 4 nitrogen and oxygen atoms in total. The average molecular weight is 497 g/mol. The number of phenols is 4. The van der Waals surface area contributed by atoms with E-state index in [-0.39, 0.29) is 23.0 Å². The zero-order chi connectivity index (χ0) is 27.4. The Hall–Kier alpha value is -3.92. The van der Waals surface area contributed by atoms with Crippen molar-refractivity contribution in [2.75, 3.05) is 0 Å². The van der Waals surface area contributed by atoms with Gasteiger partial charge in [0.2, 0.25) is 0 Å². The van der Waals surface area contributed by atoms with Crippen LogP contribution in [0.25, 0.3) is 0 Å². The number of rotatable bonds is 4. The molecule has 4 rings (SSSR count). The molecule has 0 fully saturated rings. The summed E-state index contributed by atoms with van der Waals surface area (Å²) in [6.07, 6.45) is 0. The average Bonchev–Trinajstić information content (AvgIpc) is 2.86. The first kappa shape index (κ1) is 26.2. The molecule has 0 unspecified atom stereocenters. The van der Waals surface area contributed by atoms with Crippen molar-refractivity contribution >= 4 is 0 Å². The maximum absolute atomic E-state index is 10.8. The van der Waals surface area contributed by atoms with Crippen LogP contribution in [-0.4, -0.2) is 20.4 Å². The van der Waals surface area contributed by atoms with Crippen molar-refractivity contribution < 1.29 is 20.4 Å². The van der Waals surface area contributed by atoms with Crippen LogP contribution in [0.1, 0.15) is 66.8 Å². The second-order valence-corrected chi connectivity index (χ2v) is 10.4. The Bertz CT molecular complexity index is 1460. The Morgan fingerprint density at radius 2 is 0.892 bits per heavy atom. The molecule has 0 aromatic heterocycles. The van der Waals surface area contributed by atoms with Crippen LogP contribution in [-0.2, 0) is 5.41 Å². The van der Waals surface area contributed by atoms with E-state index in [1.54, 1.807) is 12.1 Å². The number of aryl methyl sites for hydroxylation is 4. The molecular weight excluding hydrogens is 460 g/mol. The van der Waals surface area contributed by atoms with Gasteiger partial charge in [-0.1, -0.05) is 36.4 Å². The summed E-state index contributed by atoms with van der Waals surface area (Å²) in [5.41, 5.74) is 9.18. The monoisotopic (exact) mass is 496 g/mol. The largest absolute Gasteiger partial charge is 0.508 e. The molecule has 0 saturated heterocycles. The molecule has 192 valence electrons. The lowest BCUT2D eigenvalue weighted by atomic mass is 9.61. The lowest BCUT2D eigenvalue weighted by Gasteiger charge is -2.40. The van der Waals surface area contributed by atoms with E-state index in [1.165, 1.54) is 0 Å². The maximum atomic E-state index is 10.8. The number of benzene rings is 4. The van der Waals surface area contributed by atoms with E-state index in [2.05, 4.69) is 0 Å². The van der Waals surface area contributed by atoms with E-state index in [0.29, 0.717) is 0 Å². The van der Waals surface area contributed by atoms with Gasteiger partial charge in [-0.25, -0.2) is 0 Å². The van der Waals surface area contributed by atoms with Crippen molar-refractivity contribution in [2.45, 2.75) is 60.8 Å². The number of phenolic OH excluding ortho intramolecular Hbond substituents is 4. The third-order valence-electron chi connectivity index (χ3n) is 8.12. The molecule has 0 bridgehead atoms. The van der Waals surface area contributed by atoms with Crippen molar-refractivity contribution in [2.24, 2.45) is 0 Å². The molecule has 4 aromatic rings. The van der Waals surface area contributed by atoms with E-state index >= 15 is 0 Å². The molecule has 0 amide bonds. The van der Waals surface area contributed by atoms with Gasteiger partial charge in [0.25, 0.3) is 0 Å². The van der Waals surface area contributed by atoms with Crippen LogP contribution in [0.3, 0.4) is 0 Å². The molecule has 37 heavy (non-hydrogen) atoms. The molecule has 0 atom stereocenters. The molecule has 0 spiro atoms. The summed E-state index contributed by atoms with van der Waals surface area (Å²) in [5, 5.41) is 43.1. The van der Waals surface area contributed by atoms with E-state index in [1.807, 2.05) is 91.8 Å². The first-order chi connectivity index (χ1) is 17.3. The molecule has 0 saturated carbocycles. The van der Waals surface area contributed by atoms with Crippen LogP contribution in [0, 0.1) is 55.4 Å². The molecule has 0 aliphatic carbocycles. The molecule has 4 aromatic carbocycles. The van der Waals surface area contributed by atoms with Crippen LogP contribution in [0.15, 0.2) is 48.5 Å². The fraction of sp³-hybridized carbons (Fsp3) is 0.273. The van der Waals surface area contributed by atoms with Crippen molar-refractivity contribution in [1.82, 2.24) is 0 Å². The lowest BCUT2D eigenvalue weighted by molar-refractivity contribution is 0.463. The quantitative estimate of drug-likeness (QED) is 0.223. The van der Waals surface area contributed by atoms with Gasteiger partial charge in [-0.2, -0.15) is 0 Å². The standard InChI is InChI=1S/C33H36O4/c1-17-12-26(13-18(2)30(17)35)33(25-10-9-11-27(34)16-25,28-14-19(3)31(36)23(7)21(28)5)29-15-20(4)32(37)24(8)22(29)6/h9-16,34-37H,1-8H3. The van der Waals surface area contributed by atoms with Crippen molar-refractivity contribution in [3.05, 3.63) is 115 Å². The van der Waals surface area contributed by atoms with Gasteiger partial charge in [-0.05, 0) is 134 Å². The minimum atomic E-state index is -0.928. The predicted octanol–water partition coefficient (Wildman–Crippen LogP) is 7.36. The fourth-order valence-electron chi connectivity index (χ4n) is 5.76. The molecule has 0 radical (unpaired) electrons. The Morgan fingerprint density at radius 3 is 1.32 bits per heavy atom. The Labute approximate surface area is 219 Å². The number of hydrogen-bond acceptors (Lipinski definition) is 4. The molecule has 4 heteroatoms. The minimum Gasteiger partial charge on any atom is -0.508 e. The molecule has 0 aliphatic heterocycles. The van der Waals surface area contributed by atoms with Crippen LogP contribution in [0.5, 0.6) is 23.0 Å². The Morgan fingerprint density at radius 1 is 0.459 bits per heavy atom. The van der Waals surface area contributed by atoms with Crippen LogP contribution >= 0.6 is 0 Å². The lowest BCUT2D eigenvalue weighted by Crippen LogP contribution is -2.34. The minimum absolute atomic E-state index is 0.142. The second kappa shape index (κ2) is 9.19. The summed E-state index contributed by atoms with van der Waals surface area (Å²) >= 11 is 0. The maximum Gasteiger partial charge on any atom is 0.121 e. The van der Waals surface area contributed by atoms with E-state index < -0.39 is 5.41 Å². The summed E-state index contributed by atoms with van der Waals surface area (Å²) in [7, 11) is 0. The highest BCUT2D eigenvalue weighted by molar-refractivity contribution is 5.69. The Balaban J connectivity index is 2.38. The van der Waals surface area contributed by atoms with E-state index in [9.17, 15) is 20.4 Å². The highest BCUT2D eigenvalue weighted by Crippen LogP contribution is 2.52. The van der Waals surface area contributed by atoms with Crippen LogP contribution < -0.4 is 0 Å². The number of hydrogen-bond donors (Lipinski definition) is 4. The van der Waals surface area contributed by atoms with Gasteiger partial charge >= 0.3 is 0 Å². The topological polar surface area (TPSA) is 80.9 Å². The summed E-state index contributed by atoms with van der Waals surface area (Å²) < 4.78 is 0. The van der Waals surface area contributed by atoms with Gasteiger partial charge < -0.3 is 20.4 Å². The van der Waals surface area contributed by atoms with Crippen molar-refractivity contribution in [3.63, 3.8) is 0 Å². The van der Waals surface area contributed by atoms with Crippen molar-refractivity contribution in [3.8, 4) is 23.0 Å². The first-order valence-corrected chi connectivity index (χ1v) is 12.5. The predicted molar refractivity (Wildman–Crippen MR) is 149 cm³/mol. The molecule has 0 heterocycles. The van der Waals surface area contributed by atoms with Gasteiger partial charge in [0.15, 0.2) is 0 Å². The summed E-state index contributed by atoms with van der Waals surface area (Å²) in [6, 6.07) is 15.3. The van der Waals surface area contributed by atoms with Gasteiger partial charge in [-0.15, -0.1) is 0 Å². The Kier molecular flexibility index (Phi) is 6.49. The smallest absolute Gasteiger partial charge is 0.121 e. The molecule has 4 N–H and O–H groups in total. The highest BCUT2D eigenvalue weighted by Gasteiger charge is 2.43. The van der Waals surface area contributed by atoms with E-state index in [0.717, 1.165) is 66.8 Å². The summed E-state index contributed by atoms with van der Waals surface area (Å²) in [4.78, 5) is 0. The summed E-state index contributed by atoms with van der Waals surface area (Å²) in [5.74, 6) is 0.916. The van der Waals surface area contributed by atoms with Gasteiger partial charge in [-0.3, -0.25) is 0 Å².